The third-order valence-electron chi connectivity index (χ3n) is 2.10. The third-order valence-corrected chi connectivity index (χ3v) is 3.49. The molecule has 0 aliphatic carbocycles. The number of halogens is 1. The van der Waals surface area contributed by atoms with Gasteiger partial charge in [-0.25, -0.2) is 0 Å². The Bertz CT molecular complexity index is 57.6. The molecule has 0 spiro atoms. The first-order valence-corrected chi connectivity index (χ1v) is 5.34. The summed E-state index contributed by atoms with van der Waals surface area (Å²) in [4.78, 5) is 0. The molecule has 0 amide bonds. The van der Waals surface area contributed by atoms with Gasteiger partial charge in [-0.2, -0.15) is 0 Å². The molecule has 1 heteroatoms. The van der Waals surface area contributed by atoms with Gasteiger partial charge in [-0.05, 0) is 11.8 Å². The summed E-state index contributed by atoms with van der Waals surface area (Å²) in [5.41, 5.74) is 0. The lowest BCUT2D eigenvalue weighted by Crippen LogP contribution is -2.10. The van der Waals surface area contributed by atoms with E-state index in [4.69, 9.17) is 0 Å². The molecule has 1 unspecified atom stereocenters. The first-order valence-electron chi connectivity index (χ1n) is 3.82. The minimum atomic E-state index is 0.917. The summed E-state index contributed by atoms with van der Waals surface area (Å²) in [6, 6.07) is 0. The largest absolute Gasteiger partial charge is 0.0861 e. The van der Waals surface area contributed by atoms with Gasteiger partial charge in [0.05, 0.1) is 0 Å². The summed E-state index contributed by atoms with van der Waals surface area (Å²) in [5.74, 6) is 1.88. The highest BCUT2D eigenvalue weighted by Crippen LogP contribution is 2.20. The van der Waals surface area contributed by atoms with Crippen LogP contribution >= 0.6 is 22.6 Å². The van der Waals surface area contributed by atoms with Gasteiger partial charge in [-0.1, -0.05) is 56.2 Å². The fourth-order valence-electron chi connectivity index (χ4n) is 1.22. The second-order valence-corrected chi connectivity index (χ2v) is 3.59. The molecule has 1 atom stereocenters. The van der Waals surface area contributed by atoms with Crippen LogP contribution in [0.4, 0.5) is 0 Å². The van der Waals surface area contributed by atoms with Gasteiger partial charge >= 0.3 is 0 Å². The van der Waals surface area contributed by atoms with E-state index in [1.165, 1.54) is 17.3 Å². The van der Waals surface area contributed by atoms with Gasteiger partial charge in [-0.3, -0.25) is 0 Å². The topological polar surface area (TPSA) is 0 Å². The van der Waals surface area contributed by atoms with Crippen LogP contribution in [0.1, 0.15) is 33.6 Å². The van der Waals surface area contributed by atoms with Gasteiger partial charge in [0.15, 0.2) is 0 Å². The van der Waals surface area contributed by atoms with E-state index in [9.17, 15) is 0 Å². The number of hydrogen-bond acceptors (Lipinski definition) is 0. The number of rotatable bonds is 4. The molecule has 0 aromatic heterocycles. The molecule has 0 bridgehead atoms. The third kappa shape index (κ3) is 3.43. The molecule has 9 heavy (non-hydrogen) atoms. The maximum absolute atomic E-state index is 2.48. The van der Waals surface area contributed by atoms with Crippen LogP contribution in [0.15, 0.2) is 0 Å². The van der Waals surface area contributed by atoms with E-state index in [1.54, 1.807) is 0 Å². The van der Waals surface area contributed by atoms with Crippen molar-refractivity contribution in [3.63, 3.8) is 0 Å². The first kappa shape index (κ1) is 9.73. The van der Waals surface area contributed by atoms with E-state index in [1.807, 2.05) is 0 Å². The van der Waals surface area contributed by atoms with E-state index in [-0.39, 0.29) is 0 Å². The Hall–Kier alpha value is 0.730. The molecule has 0 aliphatic rings. The van der Waals surface area contributed by atoms with Crippen LogP contribution in [-0.2, 0) is 0 Å². The first-order chi connectivity index (χ1) is 4.26. The maximum atomic E-state index is 2.48. The molecule has 0 N–H and O–H groups in total. The van der Waals surface area contributed by atoms with Crippen LogP contribution in [0.2, 0.25) is 0 Å². The molecule has 0 rings (SSSR count). The summed E-state index contributed by atoms with van der Waals surface area (Å²) < 4.78 is 1.31. The molecule has 0 radical (unpaired) electrons. The molecular weight excluding hydrogens is 223 g/mol. The van der Waals surface area contributed by atoms with Gasteiger partial charge in [0.25, 0.3) is 0 Å². The number of hydrogen-bond donors (Lipinski definition) is 0. The van der Waals surface area contributed by atoms with Crippen molar-refractivity contribution in [2.75, 3.05) is 4.43 Å². The van der Waals surface area contributed by atoms with E-state index in [0.717, 1.165) is 11.8 Å². The zero-order valence-corrected chi connectivity index (χ0v) is 8.81. The van der Waals surface area contributed by atoms with Gasteiger partial charge in [0, 0.05) is 4.43 Å². The fourth-order valence-corrected chi connectivity index (χ4v) is 1.94. The highest BCUT2D eigenvalue weighted by atomic mass is 127. The normalized spacial score (nSPS) is 14.3. The van der Waals surface area contributed by atoms with Crippen LogP contribution in [0.3, 0.4) is 0 Å². The smallest absolute Gasteiger partial charge is 0.00237 e. The zero-order chi connectivity index (χ0) is 7.28. The second kappa shape index (κ2) is 5.51. The Labute approximate surface area is 72.6 Å². The van der Waals surface area contributed by atoms with E-state index >= 15 is 0 Å². The highest BCUT2D eigenvalue weighted by molar-refractivity contribution is 14.1. The van der Waals surface area contributed by atoms with Crippen LogP contribution in [0.25, 0.3) is 0 Å². The van der Waals surface area contributed by atoms with E-state index < -0.39 is 0 Å². The van der Waals surface area contributed by atoms with Crippen LogP contribution < -0.4 is 0 Å². The van der Waals surface area contributed by atoms with Crippen molar-refractivity contribution in [3.8, 4) is 0 Å². The van der Waals surface area contributed by atoms with Crippen molar-refractivity contribution in [2.45, 2.75) is 33.6 Å². The van der Waals surface area contributed by atoms with Crippen molar-refractivity contribution >= 4 is 22.6 Å². The molecule has 56 valence electrons. The summed E-state index contributed by atoms with van der Waals surface area (Å²) in [6.45, 7) is 6.93. The Morgan fingerprint density at radius 3 is 1.78 bits per heavy atom. The Morgan fingerprint density at radius 1 is 1.22 bits per heavy atom. The van der Waals surface area contributed by atoms with Crippen LogP contribution in [0.5, 0.6) is 0 Å². The Kier molecular flexibility index (Phi) is 5.96. The lowest BCUT2D eigenvalue weighted by Gasteiger charge is -2.17. The summed E-state index contributed by atoms with van der Waals surface area (Å²) in [5, 5.41) is 0. The lowest BCUT2D eigenvalue weighted by molar-refractivity contribution is 0.371. The molecular formula is C8H17I. The van der Waals surface area contributed by atoms with Gasteiger partial charge in [0.1, 0.15) is 0 Å². The molecule has 0 fully saturated rings. The average molecular weight is 240 g/mol. The Balaban J connectivity index is 3.50. The van der Waals surface area contributed by atoms with Crippen molar-refractivity contribution in [1.29, 1.82) is 0 Å². The van der Waals surface area contributed by atoms with Gasteiger partial charge in [-0.15, -0.1) is 0 Å². The molecule has 0 saturated carbocycles. The fraction of sp³-hybridized carbons (Fsp3) is 1.00. The average Bonchev–Trinajstić information content (AvgIpc) is 1.90. The van der Waals surface area contributed by atoms with Crippen LogP contribution in [-0.4, -0.2) is 4.43 Å². The summed E-state index contributed by atoms with van der Waals surface area (Å²) >= 11 is 2.48. The van der Waals surface area contributed by atoms with Crippen molar-refractivity contribution in [2.24, 2.45) is 11.8 Å². The zero-order valence-electron chi connectivity index (χ0n) is 6.65. The van der Waals surface area contributed by atoms with Crippen LogP contribution in [0, 0.1) is 11.8 Å². The predicted octanol–water partition coefficient (Wildman–Crippen LogP) is 3.49. The summed E-state index contributed by atoms with van der Waals surface area (Å²) in [6.07, 6.45) is 2.70. The second-order valence-electron chi connectivity index (χ2n) is 2.71. The quantitative estimate of drug-likeness (QED) is 0.521. The Morgan fingerprint density at radius 2 is 1.67 bits per heavy atom. The molecule has 0 aromatic rings. The molecule has 0 saturated heterocycles. The van der Waals surface area contributed by atoms with Crippen molar-refractivity contribution < 1.29 is 0 Å². The molecule has 0 aliphatic heterocycles. The minimum absolute atomic E-state index is 0.917. The molecule has 0 aromatic carbocycles. The summed E-state index contributed by atoms with van der Waals surface area (Å²) in [7, 11) is 0. The van der Waals surface area contributed by atoms with Crippen molar-refractivity contribution in [1.82, 2.24) is 0 Å². The van der Waals surface area contributed by atoms with E-state index in [2.05, 4.69) is 43.4 Å². The van der Waals surface area contributed by atoms with Crippen molar-refractivity contribution in [3.05, 3.63) is 0 Å². The van der Waals surface area contributed by atoms with Gasteiger partial charge < -0.3 is 0 Å². The standard InChI is InChI=1S/C8H17I/c1-4-8(5-2)7(3)6-9/h7-8H,4-6H2,1-3H3. The van der Waals surface area contributed by atoms with E-state index in [0.29, 0.717) is 0 Å². The lowest BCUT2D eigenvalue weighted by atomic mass is 9.91. The predicted molar refractivity (Wildman–Crippen MR) is 52.1 cm³/mol. The maximum Gasteiger partial charge on any atom is 0.00237 e. The minimum Gasteiger partial charge on any atom is -0.0861 e. The SMILES string of the molecule is CCC(CC)C(C)CI. The highest BCUT2D eigenvalue weighted by Gasteiger charge is 2.10. The van der Waals surface area contributed by atoms with Gasteiger partial charge in [0.2, 0.25) is 0 Å². The molecule has 0 heterocycles. The number of alkyl halides is 1. The monoisotopic (exact) mass is 240 g/mol. The molecule has 0 nitrogen and oxygen atoms in total.